The fourth-order valence-electron chi connectivity index (χ4n) is 1.63. The number of benzene rings is 1. The molecule has 0 spiro atoms. The summed E-state index contributed by atoms with van der Waals surface area (Å²) in [6.45, 7) is 1.98. The fourth-order valence-corrected chi connectivity index (χ4v) is 1.63. The molecule has 2 aromatic rings. The van der Waals surface area contributed by atoms with Gasteiger partial charge in [-0.1, -0.05) is 19.1 Å². The molecule has 0 atom stereocenters. The van der Waals surface area contributed by atoms with E-state index in [-0.39, 0.29) is 11.5 Å². The lowest BCUT2D eigenvalue weighted by molar-refractivity contribution is 0.468. The Bertz CT molecular complexity index is 509. The molecule has 0 aliphatic rings. The molecule has 0 aliphatic heterocycles. The molecule has 0 aliphatic carbocycles. The van der Waals surface area contributed by atoms with E-state index in [4.69, 9.17) is 0 Å². The van der Waals surface area contributed by atoms with Crippen LogP contribution in [0.25, 0.3) is 11.3 Å². The third-order valence-corrected chi connectivity index (χ3v) is 2.53. The molecule has 0 saturated carbocycles. The quantitative estimate of drug-likeness (QED) is 0.809. The number of pyridine rings is 1. The minimum Gasteiger partial charge on any atom is -0.508 e. The third-order valence-electron chi connectivity index (χ3n) is 2.53. The number of hydrogen-bond donors (Lipinski definition) is 2. The molecule has 0 radical (unpaired) electrons. The Balaban J connectivity index is 2.50. The maximum atomic E-state index is 9.73. The molecule has 1 aromatic carbocycles. The first-order valence-corrected chi connectivity index (χ1v) is 5.18. The SMILES string of the molecule is CCc1ccc(-c2ncccc2O)cc1O. The van der Waals surface area contributed by atoms with E-state index in [1.807, 2.05) is 19.1 Å². The molecule has 0 amide bonds. The number of phenolic OH excluding ortho intramolecular Hbond substituents is 1. The van der Waals surface area contributed by atoms with Crippen LogP contribution in [-0.2, 0) is 6.42 Å². The molecule has 2 N–H and O–H groups in total. The van der Waals surface area contributed by atoms with Gasteiger partial charge < -0.3 is 10.2 Å². The topological polar surface area (TPSA) is 53.4 Å². The molecule has 1 aromatic heterocycles. The summed E-state index contributed by atoms with van der Waals surface area (Å²) in [6.07, 6.45) is 2.39. The van der Waals surface area contributed by atoms with E-state index in [1.54, 1.807) is 24.4 Å². The van der Waals surface area contributed by atoms with Gasteiger partial charge in [-0.15, -0.1) is 0 Å². The maximum absolute atomic E-state index is 9.73. The van der Waals surface area contributed by atoms with Gasteiger partial charge in [-0.05, 0) is 30.2 Å². The molecule has 16 heavy (non-hydrogen) atoms. The Kier molecular flexibility index (Phi) is 2.77. The highest BCUT2D eigenvalue weighted by Gasteiger charge is 2.07. The number of hydrogen-bond acceptors (Lipinski definition) is 3. The van der Waals surface area contributed by atoms with Gasteiger partial charge in [0.2, 0.25) is 0 Å². The Labute approximate surface area is 94.0 Å². The van der Waals surface area contributed by atoms with Gasteiger partial charge in [0.15, 0.2) is 0 Å². The average molecular weight is 215 g/mol. The zero-order chi connectivity index (χ0) is 11.5. The zero-order valence-corrected chi connectivity index (χ0v) is 9.01. The van der Waals surface area contributed by atoms with E-state index in [0.717, 1.165) is 12.0 Å². The van der Waals surface area contributed by atoms with Crippen molar-refractivity contribution in [1.82, 2.24) is 4.98 Å². The predicted octanol–water partition coefficient (Wildman–Crippen LogP) is 2.72. The summed E-state index contributed by atoms with van der Waals surface area (Å²) in [6, 6.07) is 8.56. The third kappa shape index (κ3) is 1.84. The zero-order valence-electron chi connectivity index (χ0n) is 9.01. The molecule has 0 fully saturated rings. The fraction of sp³-hybridized carbons (Fsp3) is 0.154. The summed E-state index contributed by atoms with van der Waals surface area (Å²) >= 11 is 0. The Hall–Kier alpha value is -2.03. The largest absolute Gasteiger partial charge is 0.508 e. The maximum Gasteiger partial charge on any atom is 0.141 e. The van der Waals surface area contributed by atoms with Crippen molar-refractivity contribution < 1.29 is 10.2 Å². The monoisotopic (exact) mass is 215 g/mol. The second-order valence-corrected chi connectivity index (χ2v) is 3.57. The first kappa shape index (κ1) is 10.5. The molecular weight excluding hydrogens is 202 g/mol. The Morgan fingerprint density at radius 1 is 1.12 bits per heavy atom. The molecule has 1 heterocycles. The van der Waals surface area contributed by atoms with Gasteiger partial charge in [-0.3, -0.25) is 4.98 Å². The minimum atomic E-state index is 0.117. The number of nitrogens with zero attached hydrogens (tertiary/aromatic N) is 1. The molecule has 0 saturated heterocycles. The van der Waals surface area contributed by atoms with E-state index < -0.39 is 0 Å². The first-order valence-electron chi connectivity index (χ1n) is 5.18. The van der Waals surface area contributed by atoms with Crippen LogP contribution in [0, 0.1) is 0 Å². The van der Waals surface area contributed by atoms with Gasteiger partial charge in [0.25, 0.3) is 0 Å². The van der Waals surface area contributed by atoms with Crippen LogP contribution in [0.1, 0.15) is 12.5 Å². The van der Waals surface area contributed by atoms with Crippen molar-refractivity contribution >= 4 is 0 Å². The molecule has 0 unspecified atom stereocenters. The van der Waals surface area contributed by atoms with Gasteiger partial charge in [-0.2, -0.15) is 0 Å². The van der Waals surface area contributed by atoms with Crippen LogP contribution in [0.3, 0.4) is 0 Å². The van der Waals surface area contributed by atoms with Gasteiger partial charge in [0.05, 0.1) is 0 Å². The number of aromatic nitrogens is 1. The van der Waals surface area contributed by atoms with Crippen LogP contribution in [-0.4, -0.2) is 15.2 Å². The Morgan fingerprint density at radius 2 is 1.94 bits per heavy atom. The van der Waals surface area contributed by atoms with Crippen LogP contribution < -0.4 is 0 Å². The lowest BCUT2D eigenvalue weighted by atomic mass is 10.1. The van der Waals surface area contributed by atoms with Gasteiger partial charge in [0, 0.05) is 11.8 Å². The molecule has 3 heteroatoms. The lowest BCUT2D eigenvalue weighted by Crippen LogP contribution is -1.86. The number of aryl methyl sites for hydroxylation is 1. The van der Waals surface area contributed by atoms with Crippen molar-refractivity contribution in [2.24, 2.45) is 0 Å². The number of phenols is 1. The van der Waals surface area contributed by atoms with E-state index >= 15 is 0 Å². The lowest BCUT2D eigenvalue weighted by Gasteiger charge is -2.06. The summed E-state index contributed by atoms with van der Waals surface area (Å²) in [5.74, 6) is 0.358. The predicted molar refractivity (Wildman–Crippen MR) is 62.4 cm³/mol. The second-order valence-electron chi connectivity index (χ2n) is 3.57. The number of aromatic hydroxyl groups is 2. The van der Waals surface area contributed by atoms with Crippen LogP contribution in [0.4, 0.5) is 0 Å². The highest BCUT2D eigenvalue weighted by molar-refractivity contribution is 5.67. The summed E-state index contributed by atoms with van der Waals surface area (Å²) in [5.41, 5.74) is 2.09. The van der Waals surface area contributed by atoms with Crippen molar-refractivity contribution in [1.29, 1.82) is 0 Å². The first-order chi connectivity index (χ1) is 7.72. The number of rotatable bonds is 2. The molecule has 2 rings (SSSR count). The van der Waals surface area contributed by atoms with E-state index in [2.05, 4.69) is 4.98 Å². The van der Waals surface area contributed by atoms with Crippen molar-refractivity contribution in [2.45, 2.75) is 13.3 Å². The van der Waals surface area contributed by atoms with Crippen molar-refractivity contribution in [2.75, 3.05) is 0 Å². The van der Waals surface area contributed by atoms with Gasteiger partial charge in [-0.25, -0.2) is 0 Å². The van der Waals surface area contributed by atoms with Crippen LogP contribution in [0.5, 0.6) is 11.5 Å². The molecular formula is C13H13NO2. The highest BCUT2D eigenvalue weighted by atomic mass is 16.3. The normalized spacial score (nSPS) is 10.3. The highest BCUT2D eigenvalue weighted by Crippen LogP contribution is 2.30. The second kappa shape index (κ2) is 4.23. The van der Waals surface area contributed by atoms with E-state index in [0.29, 0.717) is 11.3 Å². The van der Waals surface area contributed by atoms with Crippen LogP contribution in [0.15, 0.2) is 36.5 Å². The van der Waals surface area contributed by atoms with E-state index in [1.165, 1.54) is 0 Å². The molecule has 3 nitrogen and oxygen atoms in total. The summed E-state index contributed by atoms with van der Waals surface area (Å²) in [5, 5.41) is 19.4. The van der Waals surface area contributed by atoms with Gasteiger partial charge in [0.1, 0.15) is 17.2 Å². The van der Waals surface area contributed by atoms with Crippen molar-refractivity contribution in [3.63, 3.8) is 0 Å². The standard InChI is InChI=1S/C13H13NO2/c1-2-9-5-6-10(8-12(9)16)13-11(15)4-3-7-14-13/h3-8,15-16H,2H2,1H3. The summed E-state index contributed by atoms with van der Waals surface area (Å²) in [7, 11) is 0. The van der Waals surface area contributed by atoms with Gasteiger partial charge >= 0.3 is 0 Å². The molecule has 82 valence electrons. The average Bonchev–Trinajstić information content (AvgIpc) is 2.29. The van der Waals surface area contributed by atoms with Crippen LogP contribution in [0.2, 0.25) is 0 Å². The molecule has 0 bridgehead atoms. The van der Waals surface area contributed by atoms with Crippen LogP contribution >= 0.6 is 0 Å². The summed E-state index contributed by atoms with van der Waals surface area (Å²) < 4.78 is 0. The smallest absolute Gasteiger partial charge is 0.141 e. The Morgan fingerprint density at radius 3 is 2.56 bits per heavy atom. The summed E-state index contributed by atoms with van der Waals surface area (Å²) in [4.78, 5) is 4.08. The van der Waals surface area contributed by atoms with Crippen molar-refractivity contribution in [3.8, 4) is 22.8 Å². The van der Waals surface area contributed by atoms with Crippen molar-refractivity contribution in [3.05, 3.63) is 42.1 Å². The van der Waals surface area contributed by atoms with E-state index in [9.17, 15) is 10.2 Å². The minimum absolute atomic E-state index is 0.117.